The standard InChI is InChI=1S/C26H28O6/c1-26(25(30)23(29)24(32-26)20(28)16-27)31-21-15-9-8-14-19(21)22(17-10-4-2-5-11-17)18-12-6-3-7-13-18/h2-15,20,22-25,27-30H,16H2,1H3/t20-,23+,24-,25+,26?/m1/s1. The Hall–Kier alpha value is -2.74. The van der Waals surface area contributed by atoms with Crippen molar-refractivity contribution in [1.29, 1.82) is 0 Å². The van der Waals surface area contributed by atoms with Crippen molar-refractivity contribution in [1.82, 2.24) is 0 Å². The Morgan fingerprint density at radius 3 is 1.97 bits per heavy atom. The molecule has 0 amide bonds. The minimum atomic E-state index is -1.62. The van der Waals surface area contributed by atoms with Gasteiger partial charge in [0.2, 0.25) is 5.79 Å². The molecule has 0 aromatic heterocycles. The average molecular weight is 437 g/mol. The molecular weight excluding hydrogens is 408 g/mol. The van der Waals surface area contributed by atoms with E-state index in [2.05, 4.69) is 24.3 Å². The fraction of sp³-hybridized carbons (Fsp3) is 0.308. The highest BCUT2D eigenvalue weighted by Crippen LogP contribution is 2.41. The van der Waals surface area contributed by atoms with Gasteiger partial charge < -0.3 is 29.9 Å². The number of hydrogen-bond acceptors (Lipinski definition) is 6. The predicted octanol–water partition coefficient (Wildman–Crippen LogP) is 2.44. The molecule has 0 spiro atoms. The van der Waals surface area contributed by atoms with E-state index in [1.54, 1.807) is 6.07 Å². The van der Waals surface area contributed by atoms with Crippen molar-refractivity contribution in [3.8, 4) is 5.75 Å². The van der Waals surface area contributed by atoms with E-state index in [-0.39, 0.29) is 5.92 Å². The zero-order chi connectivity index (χ0) is 22.7. The summed E-state index contributed by atoms with van der Waals surface area (Å²) in [6.07, 6.45) is -5.35. The SMILES string of the molecule is CC1(Oc2ccccc2C(c2ccccc2)c2ccccc2)O[C@H]([C@H](O)CO)[C@H](O)[C@@H]1O. The molecule has 6 nitrogen and oxygen atoms in total. The Balaban J connectivity index is 1.74. The Labute approximate surface area is 187 Å². The number of aliphatic hydroxyl groups excluding tert-OH is 4. The summed E-state index contributed by atoms with van der Waals surface area (Å²) in [5.74, 6) is -1.27. The molecule has 0 bridgehead atoms. The van der Waals surface area contributed by atoms with Crippen LogP contribution in [0.5, 0.6) is 5.75 Å². The molecule has 32 heavy (non-hydrogen) atoms. The molecule has 6 heteroatoms. The summed E-state index contributed by atoms with van der Waals surface area (Å²) in [4.78, 5) is 0. The summed E-state index contributed by atoms with van der Waals surface area (Å²) < 4.78 is 11.9. The van der Waals surface area contributed by atoms with Crippen molar-refractivity contribution in [2.45, 2.75) is 43.0 Å². The minimum absolute atomic E-state index is 0.139. The Morgan fingerprint density at radius 2 is 1.41 bits per heavy atom. The number of para-hydroxylation sites is 1. The first-order valence-electron chi connectivity index (χ1n) is 10.7. The molecule has 168 valence electrons. The summed E-state index contributed by atoms with van der Waals surface area (Å²) in [5, 5.41) is 40.3. The molecule has 1 aliphatic heterocycles. The van der Waals surface area contributed by atoms with Crippen LogP contribution in [-0.2, 0) is 4.74 Å². The lowest BCUT2D eigenvalue weighted by Crippen LogP contribution is -2.45. The Morgan fingerprint density at radius 1 is 0.875 bits per heavy atom. The van der Waals surface area contributed by atoms with Gasteiger partial charge in [-0.1, -0.05) is 78.9 Å². The normalized spacial score (nSPS) is 26.2. The van der Waals surface area contributed by atoms with Gasteiger partial charge in [-0.3, -0.25) is 0 Å². The maximum absolute atomic E-state index is 10.7. The second-order valence-electron chi connectivity index (χ2n) is 8.18. The molecule has 4 N–H and O–H groups in total. The van der Waals surface area contributed by atoms with E-state index in [1.165, 1.54) is 6.92 Å². The van der Waals surface area contributed by atoms with Crippen LogP contribution >= 0.6 is 0 Å². The minimum Gasteiger partial charge on any atom is -0.459 e. The number of benzene rings is 3. The fourth-order valence-electron chi connectivity index (χ4n) is 4.27. The first kappa shape index (κ1) is 22.5. The highest BCUT2D eigenvalue weighted by molar-refractivity contribution is 5.49. The van der Waals surface area contributed by atoms with Crippen molar-refractivity contribution in [3.05, 3.63) is 102 Å². The number of aliphatic hydroxyl groups is 4. The van der Waals surface area contributed by atoms with Gasteiger partial charge in [0, 0.05) is 18.4 Å². The van der Waals surface area contributed by atoms with Crippen LogP contribution in [0, 0.1) is 0 Å². The lowest BCUT2D eigenvalue weighted by atomic mass is 9.84. The molecular formula is C26H28O6. The number of hydrogen-bond donors (Lipinski definition) is 4. The topological polar surface area (TPSA) is 99.4 Å². The summed E-state index contributed by atoms with van der Waals surface area (Å²) in [7, 11) is 0. The van der Waals surface area contributed by atoms with E-state index in [4.69, 9.17) is 9.47 Å². The zero-order valence-electron chi connectivity index (χ0n) is 17.8. The molecule has 1 heterocycles. The summed E-state index contributed by atoms with van der Waals surface area (Å²) in [6.45, 7) is 0.910. The molecule has 0 aliphatic carbocycles. The molecule has 1 fully saturated rings. The monoisotopic (exact) mass is 436 g/mol. The van der Waals surface area contributed by atoms with Crippen LogP contribution in [0.25, 0.3) is 0 Å². The first-order valence-corrected chi connectivity index (χ1v) is 10.7. The van der Waals surface area contributed by atoms with E-state index in [0.29, 0.717) is 5.75 Å². The summed E-state index contributed by atoms with van der Waals surface area (Å²) in [6, 6.07) is 27.6. The van der Waals surface area contributed by atoms with Gasteiger partial charge in [0.05, 0.1) is 6.61 Å². The summed E-state index contributed by atoms with van der Waals surface area (Å²) in [5.41, 5.74) is 3.00. The van der Waals surface area contributed by atoms with Gasteiger partial charge in [-0.05, 0) is 17.2 Å². The highest BCUT2D eigenvalue weighted by Gasteiger charge is 2.55. The molecule has 1 unspecified atom stereocenters. The molecule has 3 aromatic rings. The van der Waals surface area contributed by atoms with Gasteiger partial charge >= 0.3 is 0 Å². The number of rotatable bonds is 7. The van der Waals surface area contributed by atoms with Crippen molar-refractivity contribution < 1.29 is 29.9 Å². The smallest absolute Gasteiger partial charge is 0.237 e. The van der Waals surface area contributed by atoms with Crippen molar-refractivity contribution in [2.75, 3.05) is 6.61 Å². The largest absolute Gasteiger partial charge is 0.459 e. The van der Waals surface area contributed by atoms with Gasteiger partial charge in [-0.2, -0.15) is 0 Å². The Kier molecular flexibility index (Phi) is 6.60. The lowest BCUT2D eigenvalue weighted by molar-refractivity contribution is -0.209. The van der Waals surface area contributed by atoms with Gasteiger partial charge in [0.25, 0.3) is 0 Å². The molecule has 0 radical (unpaired) electrons. The van der Waals surface area contributed by atoms with E-state index in [0.717, 1.165) is 16.7 Å². The molecule has 3 aromatic carbocycles. The van der Waals surface area contributed by atoms with E-state index < -0.39 is 36.8 Å². The molecule has 1 aliphatic rings. The first-order chi connectivity index (χ1) is 15.4. The van der Waals surface area contributed by atoms with Gasteiger partial charge in [-0.15, -0.1) is 0 Å². The highest BCUT2D eigenvalue weighted by atomic mass is 16.7. The molecule has 0 saturated carbocycles. The second-order valence-corrected chi connectivity index (χ2v) is 8.18. The molecule has 1 saturated heterocycles. The van der Waals surface area contributed by atoms with Crippen molar-refractivity contribution in [2.24, 2.45) is 0 Å². The van der Waals surface area contributed by atoms with Gasteiger partial charge in [0.1, 0.15) is 30.2 Å². The van der Waals surface area contributed by atoms with E-state index >= 15 is 0 Å². The van der Waals surface area contributed by atoms with Crippen molar-refractivity contribution >= 4 is 0 Å². The zero-order valence-corrected chi connectivity index (χ0v) is 17.8. The second kappa shape index (κ2) is 9.40. The average Bonchev–Trinajstić information content (AvgIpc) is 3.05. The van der Waals surface area contributed by atoms with Crippen molar-refractivity contribution in [3.63, 3.8) is 0 Å². The van der Waals surface area contributed by atoms with Crippen LogP contribution in [0.15, 0.2) is 84.9 Å². The Bertz CT molecular complexity index is 972. The third kappa shape index (κ3) is 4.28. The number of ether oxygens (including phenoxy) is 2. The quantitative estimate of drug-likeness (QED) is 0.425. The van der Waals surface area contributed by atoms with Crippen LogP contribution in [0.3, 0.4) is 0 Å². The summed E-state index contributed by atoms with van der Waals surface area (Å²) >= 11 is 0. The van der Waals surface area contributed by atoms with Crippen LogP contribution in [0.4, 0.5) is 0 Å². The maximum Gasteiger partial charge on any atom is 0.237 e. The van der Waals surface area contributed by atoms with Gasteiger partial charge in [-0.25, -0.2) is 0 Å². The fourth-order valence-corrected chi connectivity index (χ4v) is 4.27. The molecule has 4 rings (SSSR count). The van der Waals surface area contributed by atoms with Crippen LogP contribution in [0.2, 0.25) is 0 Å². The van der Waals surface area contributed by atoms with Crippen LogP contribution < -0.4 is 4.74 Å². The van der Waals surface area contributed by atoms with E-state index in [9.17, 15) is 20.4 Å². The molecule has 5 atom stereocenters. The van der Waals surface area contributed by atoms with E-state index in [1.807, 2.05) is 54.6 Å². The maximum atomic E-state index is 10.7. The van der Waals surface area contributed by atoms with Gasteiger partial charge in [0.15, 0.2) is 0 Å². The van der Waals surface area contributed by atoms with Crippen LogP contribution in [-0.4, -0.2) is 57.2 Å². The third-order valence-electron chi connectivity index (χ3n) is 5.94. The van der Waals surface area contributed by atoms with Crippen LogP contribution in [0.1, 0.15) is 29.5 Å². The third-order valence-corrected chi connectivity index (χ3v) is 5.94. The lowest BCUT2D eigenvalue weighted by Gasteiger charge is -2.31. The predicted molar refractivity (Wildman–Crippen MR) is 119 cm³/mol.